The summed E-state index contributed by atoms with van der Waals surface area (Å²) in [5, 5.41) is 0. The highest BCUT2D eigenvalue weighted by atomic mass is 127. The average Bonchev–Trinajstić information content (AvgIpc) is 2.05. The van der Waals surface area contributed by atoms with E-state index < -0.39 is 0 Å². The van der Waals surface area contributed by atoms with E-state index in [4.69, 9.17) is 0 Å². The van der Waals surface area contributed by atoms with E-state index >= 15 is 0 Å². The summed E-state index contributed by atoms with van der Waals surface area (Å²) in [5.74, 6) is 0. The smallest absolute Gasteiger partial charge is 0.0197 e. The number of hydrogen-bond acceptors (Lipinski definition) is 0. The molecule has 0 aliphatic heterocycles. The zero-order valence-electron chi connectivity index (χ0n) is 11.5. The fourth-order valence-corrected chi connectivity index (χ4v) is 2.87. The Morgan fingerprint density at radius 3 is 1.75 bits per heavy atom. The molecule has 1 aromatic carbocycles. The van der Waals surface area contributed by atoms with Crippen molar-refractivity contribution < 1.29 is 0 Å². The molecule has 0 amide bonds. The second-order valence-corrected chi connectivity index (χ2v) is 7.73. The molecule has 0 heterocycles. The van der Waals surface area contributed by atoms with Crippen LogP contribution in [0.15, 0.2) is 12.1 Å². The van der Waals surface area contributed by atoms with Crippen molar-refractivity contribution in [2.45, 2.75) is 59.3 Å². The van der Waals surface area contributed by atoms with Crippen LogP contribution in [0.5, 0.6) is 0 Å². The Kier molecular flexibility index (Phi) is 3.78. The van der Waals surface area contributed by atoms with Gasteiger partial charge in [0.05, 0.1) is 0 Å². The van der Waals surface area contributed by atoms with Gasteiger partial charge in [0.2, 0.25) is 0 Å². The maximum atomic E-state index is 2.47. The molecular weight excluding hydrogens is 307 g/mol. The molecule has 0 atom stereocenters. The van der Waals surface area contributed by atoms with Gasteiger partial charge in [-0.05, 0) is 57.0 Å². The Morgan fingerprint density at radius 2 is 1.38 bits per heavy atom. The number of aryl methyl sites for hydroxylation is 1. The van der Waals surface area contributed by atoms with E-state index in [0.29, 0.717) is 0 Å². The van der Waals surface area contributed by atoms with Gasteiger partial charge in [0.1, 0.15) is 0 Å². The molecule has 1 aromatic rings. The zero-order chi connectivity index (χ0) is 12.7. The third-order valence-corrected chi connectivity index (χ3v) is 4.36. The van der Waals surface area contributed by atoms with Crippen LogP contribution in [0.1, 0.15) is 58.2 Å². The van der Waals surface area contributed by atoms with Crippen molar-refractivity contribution in [1.29, 1.82) is 0 Å². The highest BCUT2D eigenvalue weighted by Crippen LogP contribution is 2.34. The first-order chi connectivity index (χ1) is 7.03. The molecule has 0 bridgehead atoms. The van der Waals surface area contributed by atoms with E-state index in [-0.39, 0.29) is 10.8 Å². The summed E-state index contributed by atoms with van der Waals surface area (Å²) in [6.45, 7) is 15.9. The van der Waals surface area contributed by atoms with Crippen LogP contribution in [0.2, 0.25) is 0 Å². The SMILES string of the molecule is Cc1cc(C(C)(C)C)cc(C(C)(C)C)c1I. The Hall–Kier alpha value is -0.0500. The van der Waals surface area contributed by atoms with Gasteiger partial charge in [0.25, 0.3) is 0 Å². The number of hydrogen-bond donors (Lipinski definition) is 0. The van der Waals surface area contributed by atoms with Crippen LogP contribution >= 0.6 is 22.6 Å². The highest BCUT2D eigenvalue weighted by molar-refractivity contribution is 14.1. The second-order valence-electron chi connectivity index (χ2n) is 6.65. The lowest BCUT2D eigenvalue weighted by Gasteiger charge is -2.27. The molecule has 0 N–H and O–H groups in total. The van der Waals surface area contributed by atoms with Gasteiger partial charge in [-0.1, -0.05) is 53.7 Å². The Balaban J connectivity index is 3.46. The minimum absolute atomic E-state index is 0.225. The summed E-state index contributed by atoms with van der Waals surface area (Å²) < 4.78 is 1.41. The van der Waals surface area contributed by atoms with Crippen molar-refractivity contribution in [1.82, 2.24) is 0 Å². The summed E-state index contributed by atoms with van der Waals surface area (Å²) in [6.07, 6.45) is 0. The van der Waals surface area contributed by atoms with Crippen molar-refractivity contribution in [2.24, 2.45) is 0 Å². The number of rotatable bonds is 0. The average molecular weight is 330 g/mol. The summed E-state index contributed by atoms with van der Waals surface area (Å²) in [6, 6.07) is 4.71. The van der Waals surface area contributed by atoms with Crippen molar-refractivity contribution in [3.8, 4) is 0 Å². The summed E-state index contributed by atoms with van der Waals surface area (Å²) in [4.78, 5) is 0. The Bertz CT molecular complexity index is 389. The third kappa shape index (κ3) is 2.99. The molecule has 0 nitrogen and oxygen atoms in total. The van der Waals surface area contributed by atoms with Gasteiger partial charge in [0, 0.05) is 3.57 Å². The van der Waals surface area contributed by atoms with Crippen molar-refractivity contribution in [2.75, 3.05) is 0 Å². The predicted molar refractivity (Wildman–Crippen MR) is 81.3 cm³/mol. The minimum Gasteiger partial charge on any atom is -0.0561 e. The van der Waals surface area contributed by atoms with Gasteiger partial charge >= 0.3 is 0 Å². The highest BCUT2D eigenvalue weighted by Gasteiger charge is 2.22. The number of halogens is 1. The normalized spacial score (nSPS) is 13.0. The fourth-order valence-electron chi connectivity index (χ4n) is 1.75. The van der Waals surface area contributed by atoms with E-state index in [1.165, 1.54) is 20.3 Å². The lowest BCUT2D eigenvalue weighted by atomic mass is 9.80. The first-order valence-electron chi connectivity index (χ1n) is 5.84. The van der Waals surface area contributed by atoms with Gasteiger partial charge in [-0.15, -0.1) is 0 Å². The molecular formula is C15H23I. The second kappa shape index (κ2) is 4.32. The molecule has 1 rings (SSSR count). The molecule has 0 spiro atoms. The van der Waals surface area contributed by atoms with E-state index in [9.17, 15) is 0 Å². The first-order valence-corrected chi connectivity index (χ1v) is 6.92. The molecule has 16 heavy (non-hydrogen) atoms. The molecule has 0 saturated heterocycles. The van der Waals surface area contributed by atoms with Gasteiger partial charge in [0.15, 0.2) is 0 Å². The van der Waals surface area contributed by atoms with E-state index in [1.807, 2.05) is 0 Å². The van der Waals surface area contributed by atoms with Crippen LogP contribution in [-0.2, 0) is 10.8 Å². The molecule has 0 fully saturated rings. The lowest BCUT2D eigenvalue weighted by Crippen LogP contribution is -2.18. The summed E-state index contributed by atoms with van der Waals surface area (Å²) >= 11 is 2.47. The predicted octanol–water partition coefficient (Wildman–Crippen LogP) is 5.19. The van der Waals surface area contributed by atoms with Gasteiger partial charge in [-0.3, -0.25) is 0 Å². The van der Waals surface area contributed by atoms with Crippen LogP contribution in [0.3, 0.4) is 0 Å². The third-order valence-electron chi connectivity index (χ3n) is 2.93. The topological polar surface area (TPSA) is 0 Å². The van der Waals surface area contributed by atoms with Gasteiger partial charge < -0.3 is 0 Å². The number of benzene rings is 1. The van der Waals surface area contributed by atoms with Crippen molar-refractivity contribution in [3.63, 3.8) is 0 Å². The molecule has 90 valence electrons. The van der Waals surface area contributed by atoms with Crippen LogP contribution < -0.4 is 0 Å². The van der Waals surface area contributed by atoms with Gasteiger partial charge in [-0.2, -0.15) is 0 Å². The summed E-state index contributed by atoms with van der Waals surface area (Å²) in [5.41, 5.74) is 4.77. The van der Waals surface area contributed by atoms with Crippen molar-refractivity contribution in [3.05, 3.63) is 32.4 Å². The zero-order valence-corrected chi connectivity index (χ0v) is 13.7. The molecule has 0 aromatic heterocycles. The quantitative estimate of drug-likeness (QED) is 0.574. The van der Waals surface area contributed by atoms with E-state index in [1.54, 1.807) is 0 Å². The maximum Gasteiger partial charge on any atom is 0.0197 e. The lowest BCUT2D eigenvalue weighted by molar-refractivity contribution is 0.565. The van der Waals surface area contributed by atoms with Gasteiger partial charge in [-0.25, -0.2) is 0 Å². The van der Waals surface area contributed by atoms with Crippen LogP contribution in [0.4, 0.5) is 0 Å². The van der Waals surface area contributed by atoms with E-state index in [0.717, 1.165) is 0 Å². The standard InChI is InChI=1S/C15H23I/c1-10-8-11(14(2,3)4)9-12(13(10)16)15(5,6)7/h8-9H,1-7H3. The largest absolute Gasteiger partial charge is 0.0561 e. The van der Waals surface area contributed by atoms with Crippen molar-refractivity contribution >= 4 is 22.6 Å². The van der Waals surface area contributed by atoms with Crippen LogP contribution in [0.25, 0.3) is 0 Å². The minimum atomic E-state index is 0.225. The monoisotopic (exact) mass is 330 g/mol. The van der Waals surface area contributed by atoms with Crippen LogP contribution in [-0.4, -0.2) is 0 Å². The molecule has 1 heteroatoms. The van der Waals surface area contributed by atoms with Crippen LogP contribution in [0, 0.1) is 10.5 Å². The first kappa shape index (κ1) is 14.0. The Labute approximate surface area is 114 Å². The maximum absolute atomic E-state index is 2.47. The molecule has 0 radical (unpaired) electrons. The molecule has 0 aliphatic rings. The fraction of sp³-hybridized carbons (Fsp3) is 0.600. The molecule has 0 unspecified atom stereocenters. The van der Waals surface area contributed by atoms with E-state index in [2.05, 4.69) is 83.2 Å². The Morgan fingerprint density at radius 1 is 0.875 bits per heavy atom. The molecule has 0 aliphatic carbocycles. The molecule has 0 saturated carbocycles. The summed E-state index contributed by atoms with van der Waals surface area (Å²) in [7, 11) is 0.